The van der Waals surface area contributed by atoms with Crippen molar-refractivity contribution in [3.63, 3.8) is 0 Å². The maximum atomic E-state index is 12.3. The number of imide groups is 1. The number of fused-ring (bicyclic) bond motifs is 1. The van der Waals surface area contributed by atoms with E-state index in [9.17, 15) is 22.8 Å². The fraction of sp³-hybridized carbons (Fsp3) is 0.312. The van der Waals surface area contributed by atoms with Crippen LogP contribution in [0.15, 0.2) is 36.4 Å². The van der Waals surface area contributed by atoms with Crippen LogP contribution >= 0.6 is 0 Å². The Morgan fingerprint density at radius 3 is 2.12 bits per heavy atom. The number of hydrogen-bond acceptors (Lipinski definition) is 6. The van der Waals surface area contributed by atoms with Crippen LogP contribution in [-0.4, -0.2) is 42.5 Å². The minimum Gasteiger partial charge on any atom is -0.346 e. The minimum absolute atomic E-state index is 0.0672. The summed E-state index contributed by atoms with van der Waals surface area (Å²) in [5.41, 5.74) is -0.852. The van der Waals surface area contributed by atoms with E-state index in [-0.39, 0.29) is 21.8 Å². The number of nitrogens with one attached hydrogen (secondary N) is 1. The number of carbonyl (C=O) groups is 3. The molecule has 8 nitrogen and oxygen atoms in total. The molecule has 1 aromatic rings. The van der Waals surface area contributed by atoms with Crippen LogP contribution < -0.4 is 5.32 Å². The van der Waals surface area contributed by atoms with Crippen molar-refractivity contribution in [1.29, 1.82) is 0 Å². The van der Waals surface area contributed by atoms with Crippen LogP contribution in [0.25, 0.3) is 0 Å². The molecule has 0 bridgehead atoms. The van der Waals surface area contributed by atoms with Gasteiger partial charge in [0.05, 0.1) is 16.7 Å². The molecule has 1 heterocycles. The Hall–Kier alpha value is -2.52. The molecule has 1 N–H and O–H groups in total. The molecule has 2 rings (SSSR count). The zero-order valence-electron chi connectivity index (χ0n) is 14.0. The van der Waals surface area contributed by atoms with Crippen molar-refractivity contribution in [2.24, 2.45) is 0 Å². The van der Waals surface area contributed by atoms with E-state index in [1.54, 1.807) is 12.1 Å². The summed E-state index contributed by atoms with van der Waals surface area (Å²) in [7, 11) is -4.34. The van der Waals surface area contributed by atoms with Crippen molar-refractivity contribution < 1.29 is 27.1 Å². The highest BCUT2D eigenvalue weighted by molar-refractivity contribution is 7.86. The molecule has 25 heavy (non-hydrogen) atoms. The highest BCUT2D eigenvalue weighted by atomic mass is 32.2. The number of amides is 3. The predicted molar refractivity (Wildman–Crippen MR) is 88.8 cm³/mol. The molecular formula is C16H18N2O6S. The van der Waals surface area contributed by atoms with Crippen LogP contribution in [0.3, 0.4) is 0 Å². The lowest BCUT2D eigenvalue weighted by Crippen LogP contribution is -2.49. The van der Waals surface area contributed by atoms with Crippen molar-refractivity contribution in [3.8, 4) is 0 Å². The van der Waals surface area contributed by atoms with E-state index in [4.69, 9.17) is 4.28 Å². The zero-order valence-corrected chi connectivity index (χ0v) is 14.8. The molecule has 1 aliphatic rings. The molecule has 0 aliphatic carbocycles. The summed E-state index contributed by atoms with van der Waals surface area (Å²) in [4.78, 5) is 36.0. The van der Waals surface area contributed by atoms with Crippen LogP contribution in [0.1, 0.15) is 41.5 Å². The molecule has 0 fully saturated rings. The van der Waals surface area contributed by atoms with Gasteiger partial charge in [0.25, 0.3) is 21.9 Å². The highest BCUT2D eigenvalue weighted by Gasteiger charge is 2.41. The number of hydrogen-bond donors (Lipinski definition) is 1. The molecule has 0 unspecified atom stereocenters. The Morgan fingerprint density at radius 2 is 1.68 bits per heavy atom. The summed E-state index contributed by atoms with van der Waals surface area (Å²) in [6.07, 6.45) is 0. The summed E-state index contributed by atoms with van der Waals surface area (Å²) in [5, 5.41) is 2.71. The molecule has 9 heteroatoms. The fourth-order valence-electron chi connectivity index (χ4n) is 2.27. The second kappa shape index (κ2) is 6.41. The summed E-state index contributed by atoms with van der Waals surface area (Å²) in [5.74, 6) is -2.87. The van der Waals surface area contributed by atoms with Crippen molar-refractivity contribution in [1.82, 2.24) is 10.4 Å². The lowest BCUT2D eigenvalue weighted by Gasteiger charge is -2.26. The second-order valence-corrected chi connectivity index (χ2v) is 7.90. The van der Waals surface area contributed by atoms with Crippen LogP contribution in [0, 0.1) is 0 Å². The van der Waals surface area contributed by atoms with Gasteiger partial charge in [-0.25, -0.2) is 0 Å². The summed E-state index contributed by atoms with van der Waals surface area (Å²) in [6.45, 7) is 7.89. The van der Waals surface area contributed by atoms with Crippen molar-refractivity contribution in [2.45, 2.75) is 26.3 Å². The lowest BCUT2D eigenvalue weighted by atomic mass is 10.1. The molecule has 0 atom stereocenters. The molecule has 3 amide bonds. The maximum absolute atomic E-state index is 12.3. The van der Waals surface area contributed by atoms with E-state index < -0.39 is 39.1 Å². The largest absolute Gasteiger partial charge is 0.346 e. The van der Waals surface area contributed by atoms with Gasteiger partial charge in [0.1, 0.15) is 5.75 Å². The molecule has 0 aromatic heterocycles. The molecule has 0 saturated heterocycles. The third kappa shape index (κ3) is 4.12. The quantitative estimate of drug-likeness (QED) is 0.594. The standard InChI is InChI=1S/C16H18N2O6S/c1-10(2)13(19)17-16(3,4)9-25(22,23)24-18-14(20)11-7-5-6-8-12(11)15(18)21/h5-8H,1,9H2,2-4H3,(H,17,19). The smallest absolute Gasteiger partial charge is 0.290 e. The number of benzene rings is 1. The second-order valence-electron chi connectivity index (χ2n) is 6.35. The van der Waals surface area contributed by atoms with Crippen LogP contribution in [-0.2, 0) is 19.2 Å². The summed E-state index contributed by atoms with van der Waals surface area (Å²) < 4.78 is 29.2. The highest BCUT2D eigenvalue weighted by Crippen LogP contribution is 2.24. The van der Waals surface area contributed by atoms with Crippen molar-refractivity contribution in [3.05, 3.63) is 47.5 Å². The summed E-state index contributed by atoms with van der Waals surface area (Å²) in [6, 6.07) is 5.92. The lowest BCUT2D eigenvalue weighted by molar-refractivity contribution is -0.118. The van der Waals surface area contributed by atoms with Crippen molar-refractivity contribution in [2.75, 3.05) is 5.75 Å². The Labute approximate surface area is 145 Å². The number of nitrogens with zero attached hydrogens (tertiary/aromatic N) is 1. The van der Waals surface area contributed by atoms with Gasteiger partial charge in [0, 0.05) is 5.57 Å². The fourth-order valence-corrected chi connectivity index (χ4v) is 3.64. The Kier molecular flexibility index (Phi) is 4.83. The first-order valence-corrected chi connectivity index (χ1v) is 8.89. The minimum atomic E-state index is -4.34. The Bertz CT molecular complexity index is 837. The van der Waals surface area contributed by atoms with Gasteiger partial charge in [0.2, 0.25) is 5.91 Å². The zero-order chi connectivity index (χ0) is 19.0. The van der Waals surface area contributed by atoms with E-state index >= 15 is 0 Å². The van der Waals surface area contributed by atoms with E-state index in [0.29, 0.717) is 0 Å². The van der Waals surface area contributed by atoms with Gasteiger partial charge in [-0.1, -0.05) is 18.7 Å². The molecule has 1 aromatic carbocycles. The maximum Gasteiger partial charge on any atom is 0.290 e. The van der Waals surface area contributed by atoms with E-state index in [1.807, 2.05) is 0 Å². The molecule has 0 saturated carbocycles. The van der Waals surface area contributed by atoms with Gasteiger partial charge in [-0.05, 0) is 32.9 Å². The van der Waals surface area contributed by atoms with Crippen LogP contribution in [0.4, 0.5) is 0 Å². The van der Waals surface area contributed by atoms with E-state index in [0.717, 1.165) is 0 Å². The van der Waals surface area contributed by atoms with E-state index in [2.05, 4.69) is 11.9 Å². The SMILES string of the molecule is C=C(C)C(=O)NC(C)(C)CS(=O)(=O)ON1C(=O)c2ccccc2C1=O. The summed E-state index contributed by atoms with van der Waals surface area (Å²) >= 11 is 0. The van der Waals surface area contributed by atoms with Gasteiger partial charge in [-0.2, -0.15) is 8.42 Å². The van der Waals surface area contributed by atoms with E-state index in [1.165, 1.54) is 32.9 Å². The molecule has 1 aliphatic heterocycles. The first-order valence-electron chi connectivity index (χ1n) is 7.32. The Morgan fingerprint density at radius 1 is 1.20 bits per heavy atom. The number of rotatable bonds is 6. The van der Waals surface area contributed by atoms with Crippen LogP contribution in [0.2, 0.25) is 0 Å². The van der Waals surface area contributed by atoms with Gasteiger partial charge in [-0.3, -0.25) is 14.4 Å². The average Bonchev–Trinajstić information content (AvgIpc) is 2.71. The molecular weight excluding hydrogens is 348 g/mol. The van der Waals surface area contributed by atoms with Gasteiger partial charge < -0.3 is 5.32 Å². The third-order valence-electron chi connectivity index (χ3n) is 3.32. The average molecular weight is 366 g/mol. The molecule has 0 radical (unpaired) electrons. The third-order valence-corrected chi connectivity index (χ3v) is 4.77. The monoisotopic (exact) mass is 366 g/mol. The van der Waals surface area contributed by atoms with Gasteiger partial charge >= 0.3 is 0 Å². The topological polar surface area (TPSA) is 110 Å². The van der Waals surface area contributed by atoms with Crippen molar-refractivity contribution >= 4 is 27.8 Å². The molecule has 134 valence electrons. The number of carbonyl (C=O) groups excluding carboxylic acids is 3. The normalized spacial score (nSPS) is 14.4. The predicted octanol–water partition coefficient (Wildman–Crippen LogP) is 1.01. The first-order chi connectivity index (χ1) is 11.4. The number of hydroxylamine groups is 2. The van der Waals surface area contributed by atoms with Gasteiger partial charge in [-0.15, -0.1) is 9.35 Å². The first kappa shape index (κ1) is 18.8. The van der Waals surface area contributed by atoms with Gasteiger partial charge in [0.15, 0.2) is 0 Å². The Balaban J connectivity index is 2.15. The molecule has 0 spiro atoms. The van der Waals surface area contributed by atoms with Crippen LogP contribution in [0.5, 0.6) is 0 Å².